The second-order valence-corrected chi connectivity index (χ2v) is 9.66. The van der Waals surface area contributed by atoms with E-state index in [0.717, 1.165) is 5.56 Å². The molecule has 2 aromatic rings. The Morgan fingerprint density at radius 2 is 1.93 bits per heavy atom. The molecule has 0 saturated carbocycles. The van der Waals surface area contributed by atoms with E-state index in [1.807, 2.05) is 30.3 Å². The van der Waals surface area contributed by atoms with E-state index < -0.39 is 22.3 Å². The minimum Gasteiger partial charge on any atom is -0.469 e. The van der Waals surface area contributed by atoms with Gasteiger partial charge in [0.2, 0.25) is 5.91 Å². The van der Waals surface area contributed by atoms with Crippen molar-refractivity contribution in [2.75, 3.05) is 31.7 Å². The van der Waals surface area contributed by atoms with Crippen molar-refractivity contribution in [2.24, 2.45) is 5.92 Å². The lowest BCUT2D eigenvalue weighted by atomic mass is 9.82. The fourth-order valence-corrected chi connectivity index (χ4v) is 4.77. The van der Waals surface area contributed by atoms with Crippen LogP contribution in [0.2, 0.25) is 0 Å². The van der Waals surface area contributed by atoms with Gasteiger partial charge in [0.05, 0.1) is 24.3 Å². The number of nitro benzene ring substituents is 1. The van der Waals surface area contributed by atoms with Gasteiger partial charge >= 0.3 is 5.97 Å². The molecule has 2 aromatic carbocycles. The molecule has 11 heteroatoms. The lowest BCUT2D eigenvalue weighted by molar-refractivity contribution is -0.385. The highest BCUT2D eigenvalue weighted by atomic mass is 16.6. The van der Waals surface area contributed by atoms with Crippen molar-refractivity contribution in [1.82, 2.24) is 4.90 Å². The summed E-state index contributed by atoms with van der Waals surface area (Å²) in [6.45, 7) is 2.10. The molecule has 11 nitrogen and oxygen atoms in total. The first-order valence-corrected chi connectivity index (χ1v) is 13.1. The van der Waals surface area contributed by atoms with Gasteiger partial charge in [0.25, 0.3) is 11.6 Å². The molecule has 2 N–H and O–H groups in total. The molecule has 0 fully saturated rings. The Kier molecular flexibility index (Phi) is 10.5. The van der Waals surface area contributed by atoms with Gasteiger partial charge in [-0.2, -0.15) is 0 Å². The Bertz CT molecular complexity index is 1250. The number of amides is 2. The molecule has 2 amide bonds. The number of rotatable bonds is 14. The predicted molar refractivity (Wildman–Crippen MR) is 147 cm³/mol. The second-order valence-electron chi connectivity index (χ2n) is 9.66. The topological polar surface area (TPSA) is 151 Å². The molecule has 3 rings (SSSR count). The first-order chi connectivity index (χ1) is 19.1. The van der Waals surface area contributed by atoms with Crippen molar-refractivity contribution in [2.45, 2.75) is 44.8 Å². The summed E-state index contributed by atoms with van der Waals surface area (Å²) in [5.74, 6) is -2.06. The summed E-state index contributed by atoms with van der Waals surface area (Å²) in [6, 6.07) is 13.3. The smallest absolute Gasteiger partial charge is 0.305 e. The molecule has 2 atom stereocenters. The predicted octanol–water partition coefficient (Wildman–Crippen LogP) is 3.08. The van der Waals surface area contributed by atoms with Gasteiger partial charge in [0.1, 0.15) is 0 Å². The minimum absolute atomic E-state index is 0.0273. The highest BCUT2D eigenvalue weighted by Crippen LogP contribution is 2.46. The molecule has 0 bridgehead atoms. The average molecular weight is 554 g/mol. The van der Waals surface area contributed by atoms with Crippen LogP contribution in [-0.4, -0.2) is 64.6 Å². The van der Waals surface area contributed by atoms with E-state index in [1.54, 1.807) is 19.1 Å². The first kappa shape index (κ1) is 30.5. The van der Waals surface area contributed by atoms with E-state index in [9.17, 15) is 34.7 Å². The summed E-state index contributed by atoms with van der Waals surface area (Å²) in [6.07, 6.45) is 4.18. The second kappa shape index (κ2) is 13.8. The van der Waals surface area contributed by atoms with Crippen molar-refractivity contribution in [3.8, 4) is 0 Å². The molecule has 1 aliphatic heterocycles. The molecular formula is C29H35N3O8. The molecule has 0 aromatic heterocycles. The number of carbonyl (C=O) groups excluding carboxylic acids is 3. The van der Waals surface area contributed by atoms with Crippen LogP contribution in [0.3, 0.4) is 0 Å². The number of benzene rings is 2. The monoisotopic (exact) mass is 553 g/mol. The molecule has 214 valence electrons. The van der Waals surface area contributed by atoms with E-state index in [1.165, 1.54) is 35.1 Å². The molecular weight excluding hydrogens is 518 g/mol. The lowest BCUT2D eigenvalue weighted by Crippen LogP contribution is -2.44. The van der Waals surface area contributed by atoms with Crippen molar-refractivity contribution >= 4 is 29.2 Å². The highest BCUT2D eigenvalue weighted by molar-refractivity contribution is 6.07. The maximum atomic E-state index is 13.6. The van der Waals surface area contributed by atoms with Gasteiger partial charge in [0, 0.05) is 56.1 Å². The third-order valence-electron chi connectivity index (χ3n) is 7.02. The van der Waals surface area contributed by atoms with Gasteiger partial charge in [-0.1, -0.05) is 49.4 Å². The number of nitrogens with zero attached hydrogens (tertiary/aromatic N) is 3. The van der Waals surface area contributed by atoms with Crippen LogP contribution < -0.4 is 4.90 Å². The van der Waals surface area contributed by atoms with Crippen LogP contribution in [0.4, 0.5) is 11.4 Å². The summed E-state index contributed by atoms with van der Waals surface area (Å²) in [5, 5.41) is 32.6. The fourth-order valence-electron chi connectivity index (χ4n) is 4.77. The number of esters is 1. The van der Waals surface area contributed by atoms with E-state index >= 15 is 0 Å². The quantitative estimate of drug-likeness (QED) is 0.119. The lowest BCUT2D eigenvalue weighted by Gasteiger charge is -2.27. The Hall–Kier alpha value is -4.09. The van der Waals surface area contributed by atoms with Crippen molar-refractivity contribution < 1.29 is 34.3 Å². The number of anilines is 1. The number of aliphatic hydroxyl groups is 2. The number of carbonyl (C=O) groups is 3. The Morgan fingerprint density at radius 1 is 1.20 bits per heavy atom. The Morgan fingerprint density at radius 3 is 2.58 bits per heavy atom. The molecule has 1 aliphatic rings. The van der Waals surface area contributed by atoms with Crippen LogP contribution in [0.15, 0.2) is 60.7 Å². The summed E-state index contributed by atoms with van der Waals surface area (Å²) < 4.78 is 4.64. The van der Waals surface area contributed by atoms with Gasteiger partial charge in [-0.05, 0) is 24.5 Å². The maximum absolute atomic E-state index is 13.6. The van der Waals surface area contributed by atoms with Gasteiger partial charge in [0.15, 0.2) is 5.60 Å². The SMILES string of the molecule is COC(=O)CCCCN1C(=O)[C@](O)([C@H](C)/C=C/CC(=O)N(CCO)Cc2ccccc2)c2cc([N+](=O)[O-])ccc21. The largest absolute Gasteiger partial charge is 0.469 e. The number of aliphatic hydroxyl groups excluding tert-OH is 1. The number of fused-ring (bicyclic) bond motifs is 1. The number of methoxy groups -OCH3 is 1. The number of unbranched alkanes of at least 4 members (excludes halogenated alkanes) is 1. The zero-order valence-corrected chi connectivity index (χ0v) is 22.7. The molecule has 1 heterocycles. The van der Waals surface area contributed by atoms with Crippen LogP contribution in [-0.2, 0) is 31.3 Å². The van der Waals surface area contributed by atoms with E-state index in [0.29, 0.717) is 25.1 Å². The first-order valence-electron chi connectivity index (χ1n) is 13.1. The van der Waals surface area contributed by atoms with Gasteiger partial charge in [-0.3, -0.25) is 24.5 Å². The van der Waals surface area contributed by atoms with Gasteiger partial charge < -0.3 is 24.7 Å². The fraction of sp³-hybridized carbons (Fsp3) is 0.414. The summed E-state index contributed by atoms with van der Waals surface area (Å²) in [7, 11) is 1.30. The Labute approximate surface area is 232 Å². The number of hydrogen-bond donors (Lipinski definition) is 2. The van der Waals surface area contributed by atoms with Crippen molar-refractivity contribution in [1.29, 1.82) is 0 Å². The van der Waals surface area contributed by atoms with E-state index in [4.69, 9.17) is 0 Å². The summed E-state index contributed by atoms with van der Waals surface area (Å²) in [4.78, 5) is 51.6. The highest BCUT2D eigenvalue weighted by Gasteiger charge is 2.53. The molecule has 0 saturated heterocycles. The van der Waals surface area contributed by atoms with Crippen LogP contribution in [0, 0.1) is 16.0 Å². The Balaban J connectivity index is 1.78. The molecule has 0 unspecified atom stereocenters. The third-order valence-corrected chi connectivity index (χ3v) is 7.02. The molecule has 0 radical (unpaired) electrons. The zero-order chi connectivity index (χ0) is 29.3. The van der Waals surface area contributed by atoms with Gasteiger partial charge in [-0.25, -0.2) is 0 Å². The third kappa shape index (κ3) is 6.91. The van der Waals surface area contributed by atoms with Gasteiger partial charge in [-0.15, -0.1) is 0 Å². The zero-order valence-electron chi connectivity index (χ0n) is 22.7. The van der Waals surface area contributed by atoms with Crippen molar-refractivity contribution in [3.63, 3.8) is 0 Å². The van der Waals surface area contributed by atoms with Crippen LogP contribution in [0.5, 0.6) is 0 Å². The standard InChI is InChI=1S/C29H35N3O8/c1-21(9-8-12-26(34)30(17-18-33)20-22-10-4-3-5-11-22)29(37)24-19-23(32(38)39)14-15-25(24)31(28(29)36)16-7-6-13-27(35)40-2/h3-5,8-11,14-15,19,21,33,37H,6-7,12-13,16-18,20H2,1-2H3/b9-8+/t21-,29+/m1/s1. The van der Waals surface area contributed by atoms with Crippen LogP contribution in [0.25, 0.3) is 0 Å². The number of hydrogen-bond acceptors (Lipinski definition) is 8. The number of nitro groups is 1. The van der Waals surface area contributed by atoms with Crippen LogP contribution >= 0.6 is 0 Å². The van der Waals surface area contributed by atoms with E-state index in [-0.39, 0.29) is 55.7 Å². The molecule has 0 spiro atoms. The molecule has 0 aliphatic carbocycles. The maximum Gasteiger partial charge on any atom is 0.305 e. The minimum atomic E-state index is -2.09. The van der Waals surface area contributed by atoms with Crippen molar-refractivity contribution in [3.05, 3.63) is 81.9 Å². The summed E-state index contributed by atoms with van der Waals surface area (Å²) >= 11 is 0. The normalized spacial score (nSPS) is 17.1. The average Bonchev–Trinajstić information content (AvgIpc) is 3.17. The summed E-state index contributed by atoms with van der Waals surface area (Å²) in [5.41, 5.74) is -0.946. The number of ether oxygens (including phenoxy) is 1. The number of non-ortho nitro benzene ring substituents is 1. The molecule has 40 heavy (non-hydrogen) atoms. The van der Waals surface area contributed by atoms with E-state index in [2.05, 4.69) is 4.74 Å². The van der Waals surface area contributed by atoms with Crippen LogP contribution in [0.1, 0.15) is 43.7 Å².